The van der Waals surface area contributed by atoms with E-state index in [4.69, 9.17) is 19.8 Å². The standard InChI is InChI=1S/C10H8N2.2C2H3N.2CO.2F6P.Ru/c1-5-11-6-2-9(1)10-3-7-12-8-4-10;2*1-2-3;2*1-2;2*1-7(2,3,4,5)6;/h1-8H;2*1H3;;;;;/q;;;;;2*-1;+2. The maximum absolute atomic E-state index is 10.7. The average molecular weight is 685 g/mol. The molecule has 21 heteroatoms. The van der Waals surface area contributed by atoms with Crippen LogP contribution in [0.15, 0.2) is 49.1 Å². The maximum Gasteiger partial charge on any atom is 2.00 e. The molecule has 2 aromatic heterocycles. The van der Waals surface area contributed by atoms with Crippen LogP contribution in [0.5, 0.6) is 0 Å². The summed E-state index contributed by atoms with van der Waals surface area (Å²) in [5, 5.41) is 14.6. The molecule has 0 bridgehead atoms. The molecule has 2 aromatic rings. The van der Waals surface area contributed by atoms with Crippen LogP contribution in [-0.4, -0.2) is 9.97 Å². The van der Waals surface area contributed by atoms with Crippen LogP contribution < -0.4 is 0 Å². The molecular weight excluding hydrogens is 671 g/mol. The van der Waals surface area contributed by atoms with E-state index in [0.717, 1.165) is 0 Å². The predicted octanol–water partition coefficient (Wildman–Crippen LogP) is 9.89. The minimum absolute atomic E-state index is 0. The third-order valence-corrected chi connectivity index (χ3v) is 1.69. The number of nitrogens with zero attached hydrogens (tertiary/aromatic N) is 4. The Hall–Kier alpha value is -2.60. The van der Waals surface area contributed by atoms with Gasteiger partial charge in [0.25, 0.3) is 0 Å². The molecule has 37 heavy (non-hydrogen) atoms. The van der Waals surface area contributed by atoms with Crippen LogP contribution >= 0.6 is 15.6 Å². The first-order chi connectivity index (χ1) is 15.7. The minimum Gasteiger partial charge on any atom is -0.265 e. The molecule has 0 radical (unpaired) electrons. The van der Waals surface area contributed by atoms with Crippen molar-refractivity contribution in [2.24, 2.45) is 0 Å². The Labute approximate surface area is 215 Å². The van der Waals surface area contributed by atoms with Gasteiger partial charge in [0.15, 0.2) is 0 Å². The summed E-state index contributed by atoms with van der Waals surface area (Å²) >= 11 is 0. The zero-order valence-electron chi connectivity index (χ0n) is 18.0. The fourth-order valence-electron chi connectivity index (χ4n) is 1.09. The van der Waals surface area contributed by atoms with Crippen LogP contribution in [0, 0.1) is 36.0 Å². The van der Waals surface area contributed by atoms with Gasteiger partial charge < -0.3 is 0 Å². The summed E-state index contributed by atoms with van der Waals surface area (Å²) in [5.41, 5.74) is 2.35. The van der Waals surface area contributed by atoms with Crippen molar-refractivity contribution in [2.75, 3.05) is 0 Å². The summed E-state index contributed by atoms with van der Waals surface area (Å²) in [7, 11) is -21.3. The summed E-state index contributed by atoms with van der Waals surface area (Å²) in [6.45, 7) is 11.9. The second-order valence-electron chi connectivity index (χ2n) is 4.84. The van der Waals surface area contributed by atoms with Crippen molar-refractivity contribution in [1.82, 2.24) is 9.97 Å². The molecule has 0 spiro atoms. The normalized spacial score (nSPS) is 12.4. The van der Waals surface area contributed by atoms with E-state index in [9.17, 15) is 50.4 Å². The van der Waals surface area contributed by atoms with Crippen molar-refractivity contribution in [3.63, 3.8) is 0 Å². The molecule has 6 nitrogen and oxygen atoms in total. The van der Waals surface area contributed by atoms with Crippen LogP contribution in [0.25, 0.3) is 11.1 Å². The fourth-order valence-corrected chi connectivity index (χ4v) is 1.09. The van der Waals surface area contributed by atoms with Gasteiger partial charge in [0.2, 0.25) is 0 Å². The first-order valence-corrected chi connectivity index (χ1v) is 11.7. The third kappa shape index (κ3) is 109. The Kier molecular flexibility index (Phi) is 21.9. The van der Waals surface area contributed by atoms with Crippen LogP contribution in [0.2, 0.25) is 0 Å². The molecule has 0 saturated carbocycles. The Morgan fingerprint density at radius 3 is 0.784 bits per heavy atom. The number of halogens is 12. The number of nitriles is 2. The van der Waals surface area contributed by atoms with Crippen LogP contribution in [0.1, 0.15) is 13.8 Å². The first-order valence-electron chi connectivity index (χ1n) is 7.65. The Bertz CT molecular complexity index is 883. The Balaban J connectivity index is -0.0000000848. The van der Waals surface area contributed by atoms with E-state index in [2.05, 4.69) is 23.3 Å². The van der Waals surface area contributed by atoms with E-state index < -0.39 is 15.6 Å². The second kappa shape index (κ2) is 17.0. The third-order valence-electron chi connectivity index (χ3n) is 1.69. The molecule has 0 amide bonds. The van der Waals surface area contributed by atoms with Gasteiger partial charge in [-0.25, -0.2) is 0 Å². The van der Waals surface area contributed by atoms with Crippen LogP contribution in [0.4, 0.5) is 50.4 Å². The topological polar surface area (TPSA) is 113 Å². The molecule has 0 aliphatic carbocycles. The molecular formula is C16H14F12N4O2P2Ru. The van der Waals surface area contributed by atoms with Crippen LogP contribution in [-0.2, 0) is 28.8 Å². The van der Waals surface area contributed by atoms with Crippen LogP contribution in [0.3, 0.4) is 0 Å². The zero-order valence-corrected chi connectivity index (χ0v) is 21.5. The Morgan fingerprint density at radius 1 is 0.568 bits per heavy atom. The Morgan fingerprint density at radius 2 is 0.676 bits per heavy atom. The predicted molar refractivity (Wildman–Crippen MR) is 105 cm³/mol. The number of hydrogen-bond donors (Lipinski definition) is 0. The van der Waals surface area contributed by atoms with Crippen molar-refractivity contribution in [1.29, 1.82) is 10.5 Å². The fraction of sp³-hybridized carbons (Fsp3) is 0.125. The van der Waals surface area contributed by atoms with Gasteiger partial charge in [-0.05, 0) is 35.4 Å². The zero-order chi connectivity index (χ0) is 30.5. The van der Waals surface area contributed by atoms with Gasteiger partial charge in [0.05, 0.1) is 12.1 Å². The van der Waals surface area contributed by atoms with Gasteiger partial charge in [-0.3, -0.25) is 9.97 Å². The number of aromatic nitrogens is 2. The van der Waals surface area contributed by atoms with Gasteiger partial charge in [-0.15, -0.1) is 0 Å². The second-order valence-corrected chi connectivity index (χ2v) is 8.67. The van der Waals surface area contributed by atoms with E-state index in [1.165, 1.54) is 25.0 Å². The number of pyridine rings is 2. The van der Waals surface area contributed by atoms with Gasteiger partial charge >= 0.3 is 108 Å². The molecule has 212 valence electrons. The van der Waals surface area contributed by atoms with E-state index in [0.29, 0.717) is 0 Å². The van der Waals surface area contributed by atoms with Gasteiger partial charge in [-0.2, -0.15) is 10.5 Å². The van der Waals surface area contributed by atoms with Crippen molar-refractivity contribution >= 4 is 15.6 Å². The monoisotopic (exact) mass is 686 g/mol. The summed E-state index contributed by atoms with van der Waals surface area (Å²) in [6, 6.07) is 11.4. The molecule has 0 atom stereocenters. The maximum atomic E-state index is 9.87. The van der Waals surface area contributed by atoms with Gasteiger partial charge in [-0.1, -0.05) is 0 Å². The van der Waals surface area contributed by atoms with Crippen molar-refractivity contribution in [3.8, 4) is 23.3 Å². The molecule has 0 unspecified atom stereocenters. The SMILES string of the molecule is CC#N.CC#N.F[P-](F)(F)(F)(F)F.F[P-](F)(F)(F)(F)F.[C-]#[O+].[C-]#[O+].[Ru+2].c1cc(-c2ccncc2)ccn1. The van der Waals surface area contributed by atoms with Gasteiger partial charge in [0.1, 0.15) is 0 Å². The molecule has 0 saturated heterocycles. The van der Waals surface area contributed by atoms with Gasteiger partial charge in [0, 0.05) is 38.6 Å². The quantitative estimate of drug-likeness (QED) is 0.0978. The van der Waals surface area contributed by atoms with E-state index in [1.54, 1.807) is 36.9 Å². The minimum atomic E-state index is -10.7. The smallest absolute Gasteiger partial charge is 0.265 e. The number of rotatable bonds is 1. The molecule has 0 aliphatic rings. The van der Waals surface area contributed by atoms with E-state index >= 15 is 0 Å². The van der Waals surface area contributed by atoms with Crippen molar-refractivity contribution in [2.45, 2.75) is 13.8 Å². The first kappa shape index (κ1) is 47.6. The molecule has 0 aromatic carbocycles. The molecule has 0 fully saturated rings. The van der Waals surface area contributed by atoms with Crippen molar-refractivity contribution < 1.29 is 79.1 Å². The summed E-state index contributed by atoms with van der Waals surface area (Å²) < 4.78 is 133. The van der Waals surface area contributed by atoms with Crippen molar-refractivity contribution in [3.05, 3.63) is 62.4 Å². The molecule has 2 rings (SSSR count). The molecule has 2 heterocycles. The largest absolute Gasteiger partial charge is 2.00 e. The van der Waals surface area contributed by atoms with E-state index in [-0.39, 0.29) is 19.5 Å². The molecule has 0 aliphatic heterocycles. The summed E-state index contributed by atoms with van der Waals surface area (Å²) in [4.78, 5) is 7.91. The average Bonchev–Trinajstić information content (AvgIpc) is 2.69. The van der Waals surface area contributed by atoms with E-state index in [1.807, 2.05) is 24.3 Å². The molecule has 0 N–H and O–H groups in total. The number of hydrogen-bond acceptors (Lipinski definition) is 4. The summed E-state index contributed by atoms with van der Waals surface area (Å²) in [6.07, 6.45) is 7.15. The summed E-state index contributed by atoms with van der Waals surface area (Å²) in [5.74, 6) is 0.